The van der Waals surface area contributed by atoms with E-state index in [2.05, 4.69) is 21.8 Å². The van der Waals surface area contributed by atoms with Crippen LogP contribution < -0.4 is 4.90 Å². The van der Waals surface area contributed by atoms with Crippen molar-refractivity contribution in [1.82, 2.24) is 9.97 Å². The van der Waals surface area contributed by atoms with Crippen LogP contribution in [0.1, 0.15) is 31.2 Å². The number of hydrogen-bond donors (Lipinski definition) is 1. The van der Waals surface area contributed by atoms with E-state index in [1.165, 1.54) is 0 Å². The summed E-state index contributed by atoms with van der Waals surface area (Å²) in [5, 5.41) is 9.63. The Morgan fingerprint density at radius 3 is 2.68 bits per heavy atom. The lowest BCUT2D eigenvalue weighted by molar-refractivity contribution is 0.199. The maximum absolute atomic E-state index is 9.63. The zero-order valence-electron chi connectivity index (χ0n) is 11.3. The van der Waals surface area contributed by atoms with Gasteiger partial charge in [-0.05, 0) is 43.7 Å². The molecule has 100 valence electrons. The number of aliphatic hydroxyl groups is 1. The second kappa shape index (κ2) is 6.29. The number of rotatable bonds is 5. The van der Waals surface area contributed by atoms with Gasteiger partial charge in [0.1, 0.15) is 5.82 Å². The predicted molar refractivity (Wildman–Crippen MR) is 75.8 cm³/mol. The fraction of sp³-hybridized carbons (Fsp3) is 0.333. The largest absolute Gasteiger partial charge is 0.389 e. The molecule has 0 aliphatic heterocycles. The van der Waals surface area contributed by atoms with Gasteiger partial charge in [-0.3, -0.25) is 4.98 Å². The van der Waals surface area contributed by atoms with E-state index in [0.717, 1.165) is 23.6 Å². The summed E-state index contributed by atoms with van der Waals surface area (Å²) < 4.78 is 0. The summed E-state index contributed by atoms with van der Waals surface area (Å²) in [5.74, 6) is 0.867. The van der Waals surface area contributed by atoms with Gasteiger partial charge in [-0.2, -0.15) is 0 Å². The van der Waals surface area contributed by atoms with Crippen molar-refractivity contribution in [2.75, 3.05) is 11.4 Å². The Hall–Kier alpha value is -1.94. The van der Waals surface area contributed by atoms with Gasteiger partial charge in [-0.15, -0.1) is 0 Å². The molecule has 0 saturated carbocycles. The van der Waals surface area contributed by atoms with Crippen LogP contribution in [-0.2, 0) is 6.54 Å². The first-order chi connectivity index (χ1) is 9.20. The number of pyridine rings is 2. The minimum atomic E-state index is -0.477. The summed E-state index contributed by atoms with van der Waals surface area (Å²) in [5.41, 5.74) is 1.89. The van der Waals surface area contributed by atoms with E-state index in [1.807, 2.05) is 30.3 Å². The molecule has 0 aromatic carbocycles. The molecule has 0 aliphatic rings. The molecule has 0 radical (unpaired) electrons. The van der Waals surface area contributed by atoms with E-state index >= 15 is 0 Å². The Morgan fingerprint density at radius 1 is 1.21 bits per heavy atom. The van der Waals surface area contributed by atoms with E-state index in [1.54, 1.807) is 19.3 Å². The first-order valence-electron chi connectivity index (χ1n) is 6.49. The molecule has 4 heteroatoms. The molecule has 0 unspecified atom stereocenters. The summed E-state index contributed by atoms with van der Waals surface area (Å²) in [6.45, 7) is 5.40. The fourth-order valence-electron chi connectivity index (χ4n) is 1.91. The Morgan fingerprint density at radius 2 is 2.05 bits per heavy atom. The minimum absolute atomic E-state index is 0.477. The van der Waals surface area contributed by atoms with Gasteiger partial charge in [0.25, 0.3) is 0 Å². The van der Waals surface area contributed by atoms with Gasteiger partial charge < -0.3 is 10.0 Å². The molecule has 2 aromatic rings. The molecule has 1 N–H and O–H groups in total. The highest BCUT2D eigenvalue weighted by atomic mass is 16.3. The van der Waals surface area contributed by atoms with E-state index in [9.17, 15) is 5.11 Å². The van der Waals surface area contributed by atoms with E-state index < -0.39 is 6.10 Å². The summed E-state index contributed by atoms with van der Waals surface area (Å²) in [4.78, 5) is 10.8. The van der Waals surface area contributed by atoms with E-state index in [-0.39, 0.29) is 0 Å². The number of aliphatic hydroxyl groups excluding tert-OH is 1. The molecule has 2 rings (SSSR count). The lowest BCUT2D eigenvalue weighted by Crippen LogP contribution is -2.23. The van der Waals surface area contributed by atoms with Crippen molar-refractivity contribution >= 4 is 5.82 Å². The van der Waals surface area contributed by atoms with Crippen molar-refractivity contribution in [3.8, 4) is 0 Å². The average molecular weight is 257 g/mol. The molecule has 0 saturated heterocycles. The third-order valence-electron chi connectivity index (χ3n) is 3.04. The SMILES string of the molecule is CCN(Cc1ccccn1)c1cc([C@@H](C)O)ccn1. The molecular formula is C15H19N3O. The molecule has 0 spiro atoms. The predicted octanol–water partition coefficient (Wildman–Crippen LogP) is 2.56. The van der Waals surface area contributed by atoms with Gasteiger partial charge in [0, 0.05) is 18.9 Å². The van der Waals surface area contributed by atoms with Gasteiger partial charge in [0.2, 0.25) is 0 Å². The molecule has 0 amide bonds. The highest BCUT2D eigenvalue weighted by Gasteiger charge is 2.09. The van der Waals surface area contributed by atoms with Crippen molar-refractivity contribution in [3.63, 3.8) is 0 Å². The van der Waals surface area contributed by atoms with Gasteiger partial charge in [-0.25, -0.2) is 4.98 Å². The maximum atomic E-state index is 9.63. The van der Waals surface area contributed by atoms with Crippen LogP contribution in [0.4, 0.5) is 5.82 Å². The smallest absolute Gasteiger partial charge is 0.129 e. The molecule has 2 aromatic heterocycles. The lowest BCUT2D eigenvalue weighted by atomic mass is 10.1. The topological polar surface area (TPSA) is 49.2 Å². The second-order valence-electron chi connectivity index (χ2n) is 4.46. The molecule has 1 atom stereocenters. The van der Waals surface area contributed by atoms with Crippen LogP contribution in [0.2, 0.25) is 0 Å². The van der Waals surface area contributed by atoms with Crippen LogP contribution in [0.25, 0.3) is 0 Å². The highest BCUT2D eigenvalue weighted by Crippen LogP contribution is 2.19. The number of hydrogen-bond acceptors (Lipinski definition) is 4. The summed E-state index contributed by atoms with van der Waals surface area (Å²) in [7, 11) is 0. The molecule has 19 heavy (non-hydrogen) atoms. The number of aromatic nitrogens is 2. The van der Waals surface area contributed by atoms with E-state index in [0.29, 0.717) is 6.54 Å². The summed E-state index contributed by atoms with van der Waals surface area (Å²) in [6.07, 6.45) is 3.05. The number of nitrogens with zero attached hydrogens (tertiary/aromatic N) is 3. The van der Waals surface area contributed by atoms with Crippen LogP contribution in [0, 0.1) is 0 Å². The van der Waals surface area contributed by atoms with Crippen molar-refractivity contribution in [2.45, 2.75) is 26.5 Å². The molecular weight excluding hydrogens is 238 g/mol. The van der Waals surface area contributed by atoms with Crippen molar-refractivity contribution in [2.24, 2.45) is 0 Å². The quantitative estimate of drug-likeness (QED) is 0.894. The summed E-state index contributed by atoms with van der Waals surface area (Å²) in [6, 6.07) is 9.66. The minimum Gasteiger partial charge on any atom is -0.389 e. The maximum Gasteiger partial charge on any atom is 0.129 e. The molecule has 2 heterocycles. The first-order valence-corrected chi connectivity index (χ1v) is 6.49. The van der Waals surface area contributed by atoms with Gasteiger partial charge >= 0.3 is 0 Å². The monoisotopic (exact) mass is 257 g/mol. The Balaban J connectivity index is 2.20. The average Bonchev–Trinajstić information content (AvgIpc) is 2.46. The normalized spacial score (nSPS) is 12.2. The van der Waals surface area contributed by atoms with Crippen LogP contribution in [0.15, 0.2) is 42.7 Å². The lowest BCUT2D eigenvalue weighted by Gasteiger charge is -2.22. The van der Waals surface area contributed by atoms with E-state index in [4.69, 9.17) is 0 Å². The van der Waals surface area contributed by atoms with Crippen molar-refractivity contribution < 1.29 is 5.11 Å². The first kappa shape index (κ1) is 13.5. The third-order valence-corrected chi connectivity index (χ3v) is 3.04. The van der Waals surface area contributed by atoms with Gasteiger partial charge in [-0.1, -0.05) is 6.07 Å². The number of anilines is 1. The standard InChI is InChI=1S/C15H19N3O/c1-3-18(11-14-6-4-5-8-16-14)15-10-13(12(2)19)7-9-17-15/h4-10,12,19H,3,11H2,1-2H3/t12-/m1/s1. The molecule has 4 nitrogen and oxygen atoms in total. The Bertz CT molecular complexity index is 514. The zero-order chi connectivity index (χ0) is 13.7. The highest BCUT2D eigenvalue weighted by molar-refractivity contribution is 5.41. The zero-order valence-corrected chi connectivity index (χ0v) is 11.3. The fourth-order valence-corrected chi connectivity index (χ4v) is 1.91. The van der Waals surface area contributed by atoms with Crippen LogP contribution in [0.5, 0.6) is 0 Å². The molecule has 0 fully saturated rings. The molecule has 0 aliphatic carbocycles. The van der Waals surface area contributed by atoms with Crippen LogP contribution >= 0.6 is 0 Å². The summed E-state index contributed by atoms with van der Waals surface area (Å²) >= 11 is 0. The van der Waals surface area contributed by atoms with Crippen molar-refractivity contribution in [1.29, 1.82) is 0 Å². The molecule has 0 bridgehead atoms. The van der Waals surface area contributed by atoms with Gasteiger partial charge in [0.05, 0.1) is 18.3 Å². The third kappa shape index (κ3) is 3.51. The second-order valence-corrected chi connectivity index (χ2v) is 4.46. The Labute approximate surface area is 113 Å². The van der Waals surface area contributed by atoms with Crippen molar-refractivity contribution in [3.05, 3.63) is 54.0 Å². The van der Waals surface area contributed by atoms with Crippen LogP contribution in [-0.4, -0.2) is 21.6 Å². The van der Waals surface area contributed by atoms with Gasteiger partial charge in [0.15, 0.2) is 0 Å². The Kier molecular flexibility index (Phi) is 4.47. The van der Waals surface area contributed by atoms with Crippen LogP contribution in [0.3, 0.4) is 0 Å².